The lowest BCUT2D eigenvalue weighted by Gasteiger charge is -2.27. The number of hydrogen-bond acceptors (Lipinski definition) is 2. The number of fused-ring (bicyclic) bond motifs is 4. The zero-order valence-electron chi connectivity index (χ0n) is 16.6. The Balaban J connectivity index is 1.73. The van der Waals surface area contributed by atoms with Crippen LogP contribution in [0.2, 0.25) is 5.02 Å². The van der Waals surface area contributed by atoms with Crippen molar-refractivity contribution in [3.63, 3.8) is 0 Å². The smallest absolute Gasteiger partial charge is 0.137 e. The van der Waals surface area contributed by atoms with Gasteiger partial charge < -0.3 is 9.32 Å². The maximum Gasteiger partial charge on any atom is 0.137 e. The Morgan fingerprint density at radius 2 is 1.26 bits per heavy atom. The van der Waals surface area contributed by atoms with E-state index in [1.165, 1.54) is 10.8 Å². The van der Waals surface area contributed by atoms with Gasteiger partial charge in [0.1, 0.15) is 11.2 Å². The molecule has 1 aromatic heterocycles. The average molecular weight is 420 g/mol. The predicted octanol–water partition coefficient (Wildman–Crippen LogP) is 8.86. The van der Waals surface area contributed by atoms with Crippen LogP contribution in [0.4, 0.5) is 17.1 Å². The molecular formula is C28H18ClNO. The summed E-state index contributed by atoms with van der Waals surface area (Å²) in [5.41, 5.74) is 4.90. The van der Waals surface area contributed by atoms with Gasteiger partial charge in [-0.05, 0) is 47.9 Å². The predicted molar refractivity (Wildman–Crippen MR) is 131 cm³/mol. The van der Waals surface area contributed by atoms with Crippen molar-refractivity contribution >= 4 is 61.4 Å². The molecule has 0 atom stereocenters. The summed E-state index contributed by atoms with van der Waals surface area (Å²) in [6.07, 6.45) is 0. The molecule has 0 aliphatic heterocycles. The van der Waals surface area contributed by atoms with E-state index in [2.05, 4.69) is 71.6 Å². The van der Waals surface area contributed by atoms with Crippen molar-refractivity contribution in [3.8, 4) is 0 Å². The first-order chi connectivity index (χ1) is 15.3. The molecule has 0 bridgehead atoms. The van der Waals surface area contributed by atoms with Gasteiger partial charge in [-0.1, -0.05) is 78.3 Å². The van der Waals surface area contributed by atoms with Gasteiger partial charge in [0.15, 0.2) is 0 Å². The Hall–Kier alpha value is -3.75. The fourth-order valence-electron chi connectivity index (χ4n) is 4.37. The van der Waals surface area contributed by atoms with Gasteiger partial charge in [0, 0.05) is 21.5 Å². The van der Waals surface area contributed by atoms with Gasteiger partial charge in [-0.25, -0.2) is 0 Å². The van der Waals surface area contributed by atoms with E-state index >= 15 is 0 Å². The first-order valence-electron chi connectivity index (χ1n) is 10.2. The number of benzene rings is 5. The van der Waals surface area contributed by atoms with Crippen molar-refractivity contribution in [2.75, 3.05) is 4.90 Å². The van der Waals surface area contributed by atoms with E-state index in [0.29, 0.717) is 5.02 Å². The lowest BCUT2D eigenvalue weighted by Crippen LogP contribution is -2.10. The lowest BCUT2D eigenvalue weighted by molar-refractivity contribution is 0.669. The van der Waals surface area contributed by atoms with Crippen molar-refractivity contribution in [1.29, 1.82) is 0 Å². The van der Waals surface area contributed by atoms with Gasteiger partial charge in [0.05, 0.1) is 16.8 Å². The Kier molecular flexibility index (Phi) is 4.19. The summed E-state index contributed by atoms with van der Waals surface area (Å²) in [6.45, 7) is 0. The van der Waals surface area contributed by atoms with Crippen molar-refractivity contribution < 1.29 is 4.42 Å². The molecule has 0 N–H and O–H groups in total. The van der Waals surface area contributed by atoms with Crippen LogP contribution in [-0.4, -0.2) is 0 Å². The Morgan fingerprint density at radius 3 is 2.16 bits per heavy atom. The molecule has 0 saturated heterocycles. The molecule has 0 spiro atoms. The number of rotatable bonds is 3. The molecule has 0 radical (unpaired) electrons. The van der Waals surface area contributed by atoms with Crippen molar-refractivity contribution in [1.82, 2.24) is 0 Å². The SMILES string of the molecule is Clc1cccc(N(c2cccc3ccccc23)c2cccc3oc4ccccc4c23)c1. The van der Waals surface area contributed by atoms with Crippen LogP contribution in [0.5, 0.6) is 0 Å². The molecule has 0 unspecified atom stereocenters. The van der Waals surface area contributed by atoms with E-state index < -0.39 is 0 Å². The number of anilines is 3. The highest BCUT2D eigenvalue weighted by atomic mass is 35.5. The van der Waals surface area contributed by atoms with Gasteiger partial charge in [0.25, 0.3) is 0 Å². The Bertz CT molecular complexity index is 1560. The van der Waals surface area contributed by atoms with Gasteiger partial charge in [-0.2, -0.15) is 0 Å². The van der Waals surface area contributed by atoms with Gasteiger partial charge in [-0.3, -0.25) is 0 Å². The number of para-hydroxylation sites is 1. The topological polar surface area (TPSA) is 16.4 Å². The summed E-state index contributed by atoms with van der Waals surface area (Å²) in [5, 5.41) is 5.25. The molecule has 0 aliphatic rings. The van der Waals surface area contributed by atoms with Crippen LogP contribution in [0.15, 0.2) is 114 Å². The van der Waals surface area contributed by atoms with Gasteiger partial charge >= 0.3 is 0 Å². The summed E-state index contributed by atoms with van der Waals surface area (Å²) in [7, 11) is 0. The van der Waals surface area contributed by atoms with E-state index in [4.69, 9.17) is 16.0 Å². The molecule has 5 aromatic carbocycles. The molecule has 2 nitrogen and oxygen atoms in total. The first kappa shape index (κ1) is 18.1. The quantitative estimate of drug-likeness (QED) is 0.284. The second-order valence-electron chi connectivity index (χ2n) is 7.56. The summed E-state index contributed by atoms with van der Waals surface area (Å²) in [5.74, 6) is 0. The van der Waals surface area contributed by atoms with Crippen LogP contribution in [0.25, 0.3) is 32.7 Å². The second kappa shape index (κ2) is 7.19. The third-order valence-corrected chi connectivity index (χ3v) is 5.93. The van der Waals surface area contributed by atoms with E-state index in [9.17, 15) is 0 Å². The zero-order chi connectivity index (χ0) is 20.8. The van der Waals surface area contributed by atoms with E-state index in [1.807, 2.05) is 42.5 Å². The van der Waals surface area contributed by atoms with Gasteiger partial charge in [-0.15, -0.1) is 0 Å². The average Bonchev–Trinajstić information content (AvgIpc) is 3.19. The third-order valence-electron chi connectivity index (χ3n) is 5.70. The molecule has 6 aromatic rings. The molecule has 0 amide bonds. The standard InChI is InChI=1S/C28H18ClNO/c29-20-10-6-11-21(18-20)30(24-14-5-9-19-8-1-2-12-22(19)24)25-15-7-17-27-28(25)23-13-3-4-16-26(23)31-27/h1-18H. The largest absolute Gasteiger partial charge is 0.456 e. The minimum Gasteiger partial charge on any atom is -0.456 e. The molecule has 3 heteroatoms. The first-order valence-corrected chi connectivity index (χ1v) is 10.6. The normalized spacial score (nSPS) is 11.4. The second-order valence-corrected chi connectivity index (χ2v) is 8.00. The van der Waals surface area contributed by atoms with E-state index in [-0.39, 0.29) is 0 Å². The highest BCUT2D eigenvalue weighted by Crippen LogP contribution is 2.44. The highest BCUT2D eigenvalue weighted by Gasteiger charge is 2.20. The summed E-state index contributed by atoms with van der Waals surface area (Å²) >= 11 is 6.43. The third kappa shape index (κ3) is 2.96. The Labute approximate surface area is 184 Å². The molecule has 0 aliphatic carbocycles. The maximum atomic E-state index is 6.43. The molecule has 6 rings (SSSR count). The van der Waals surface area contributed by atoms with Crippen molar-refractivity contribution in [3.05, 3.63) is 114 Å². The summed E-state index contributed by atoms with van der Waals surface area (Å²) in [6, 6.07) is 37.2. The van der Waals surface area contributed by atoms with Crippen LogP contribution in [0.1, 0.15) is 0 Å². The van der Waals surface area contributed by atoms with Crippen molar-refractivity contribution in [2.24, 2.45) is 0 Å². The van der Waals surface area contributed by atoms with Crippen LogP contribution in [0.3, 0.4) is 0 Å². The van der Waals surface area contributed by atoms with Gasteiger partial charge in [0.2, 0.25) is 0 Å². The molecule has 31 heavy (non-hydrogen) atoms. The van der Waals surface area contributed by atoms with Crippen molar-refractivity contribution in [2.45, 2.75) is 0 Å². The lowest BCUT2D eigenvalue weighted by atomic mass is 10.0. The minimum absolute atomic E-state index is 0.701. The van der Waals surface area contributed by atoms with Crippen LogP contribution in [0, 0.1) is 0 Å². The fourth-order valence-corrected chi connectivity index (χ4v) is 4.55. The zero-order valence-corrected chi connectivity index (χ0v) is 17.4. The molecule has 1 heterocycles. The fraction of sp³-hybridized carbons (Fsp3) is 0. The molecule has 0 saturated carbocycles. The minimum atomic E-state index is 0.701. The monoisotopic (exact) mass is 419 g/mol. The van der Waals surface area contributed by atoms with Crippen LogP contribution < -0.4 is 4.90 Å². The molecular weight excluding hydrogens is 402 g/mol. The number of hydrogen-bond donors (Lipinski definition) is 0. The number of furan rings is 1. The Morgan fingerprint density at radius 1 is 0.581 bits per heavy atom. The van der Waals surface area contributed by atoms with E-state index in [1.54, 1.807) is 0 Å². The summed E-state index contributed by atoms with van der Waals surface area (Å²) < 4.78 is 6.17. The van der Waals surface area contributed by atoms with Crippen LogP contribution in [-0.2, 0) is 0 Å². The highest BCUT2D eigenvalue weighted by molar-refractivity contribution is 6.31. The molecule has 0 fully saturated rings. The number of halogens is 1. The maximum absolute atomic E-state index is 6.43. The van der Waals surface area contributed by atoms with E-state index in [0.717, 1.165) is 39.0 Å². The number of nitrogens with zero attached hydrogens (tertiary/aromatic N) is 1. The van der Waals surface area contributed by atoms with Crippen LogP contribution >= 0.6 is 11.6 Å². The molecule has 148 valence electrons. The summed E-state index contributed by atoms with van der Waals surface area (Å²) in [4.78, 5) is 2.28.